The Morgan fingerprint density at radius 2 is 1.70 bits per heavy atom. The number of fused-ring (bicyclic) bond motifs is 5. The third-order valence-electron chi connectivity index (χ3n) is 7.10. The van der Waals surface area contributed by atoms with Crippen molar-refractivity contribution in [2.24, 2.45) is 34.6 Å². The number of aliphatic imine (C=N–C) groups is 1. The van der Waals surface area contributed by atoms with E-state index in [-0.39, 0.29) is 59.5 Å². The number of hydrogen-bond donors (Lipinski definition) is 2. The van der Waals surface area contributed by atoms with Crippen molar-refractivity contribution in [3.63, 3.8) is 0 Å². The molecule has 0 spiro atoms. The van der Waals surface area contributed by atoms with Crippen LogP contribution in [-0.2, 0) is 9.59 Å². The summed E-state index contributed by atoms with van der Waals surface area (Å²) in [5, 5.41) is 6.56. The zero-order chi connectivity index (χ0) is 20.4. The highest BCUT2D eigenvalue weighted by atomic mass is 127. The van der Waals surface area contributed by atoms with Crippen LogP contribution in [0.4, 0.5) is 0 Å². The SMILES string of the molecule is CCNC(=NCCN1CCC(C)CC1)NCCN1C(=O)C2C3C=CC(C3)C2C1=O.I. The summed E-state index contributed by atoms with van der Waals surface area (Å²) in [6.07, 6.45) is 7.81. The quantitative estimate of drug-likeness (QED) is 0.173. The standard InChI is InChI=1S/C22H35N5O2.HI/c1-3-23-22(24-8-12-26-10-6-15(2)7-11-26)25-9-13-27-20(28)18-16-4-5-17(14-16)19(18)21(27)29;/h4-5,15-19H,3,6-14H2,1-2H3,(H2,23,24,25);1H. The van der Waals surface area contributed by atoms with E-state index in [1.165, 1.54) is 30.8 Å². The maximum Gasteiger partial charge on any atom is 0.233 e. The molecular formula is C22H36IN5O2. The van der Waals surface area contributed by atoms with Crippen molar-refractivity contribution >= 4 is 41.8 Å². The van der Waals surface area contributed by atoms with E-state index >= 15 is 0 Å². The number of halogens is 1. The third kappa shape index (κ3) is 4.84. The van der Waals surface area contributed by atoms with Gasteiger partial charge in [0.15, 0.2) is 5.96 Å². The number of nitrogens with zero attached hydrogens (tertiary/aromatic N) is 3. The molecule has 4 aliphatic rings. The van der Waals surface area contributed by atoms with Gasteiger partial charge in [0.1, 0.15) is 0 Å². The van der Waals surface area contributed by atoms with Crippen molar-refractivity contribution in [1.29, 1.82) is 0 Å². The smallest absolute Gasteiger partial charge is 0.233 e. The van der Waals surface area contributed by atoms with Crippen LogP contribution in [0.2, 0.25) is 0 Å². The fourth-order valence-corrected chi connectivity index (χ4v) is 5.40. The average Bonchev–Trinajstić information content (AvgIpc) is 3.39. The first-order valence-corrected chi connectivity index (χ1v) is 11.4. The summed E-state index contributed by atoms with van der Waals surface area (Å²) in [4.78, 5) is 34.1. The Kier molecular flexibility index (Phi) is 8.17. The first-order valence-electron chi connectivity index (χ1n) is 11.4. The Balaban J connectivity index is 0.00000256. The van der Waals surface area contributed by atoms with Crippen LogP contribution in [0.5, 0.6) is 0 Å². The number of piperidine rings is 1. The highest BCUT2D eigenvalue weighted by molar-refractivity contribution is 14.0. The van der Waals surface area contributed by atoms with Gasteiger partial charge in [-0.1, -0.05) is 19.1 Å². The van der Waals surface area contributed by atoms with E-state index in [4.69, 9.17) is 0 Å². The molecule has 8 heteroatoms. The van der Waals surface area contributed by atoms with Crippen LogP contribution in [0.15, 0.2) is 17.1 Å². The lowest BCUT2D eigenvalue weighted by molar-refractivity contribution is -0.140. The van der Waals surface area contributed by atoms with Gasteiger partial charge in [-0.05, 0) is 57.0 Å². The summed E-state index contributed by atoms with van der Waals surface area (Å²) in [7, 11) is 0. The largest absolute Gasteiger partial charge is 0.357 e. The summed E-state index contributed by atoms with van der Waals surface area (Å²) in [6, 6.07) is 0. The number of likely N-dealkylation sites (tertiary alicyclic amines) is 2. The van der Waals surface area contributed by atoms with Crippen LogP contribution >= 0.6 is 24.0 Å². The summed E-state index contributed by atoms with van der Waals surface area (Å²) in [5.41, 5.74) is 0. The van der Waals surface area contributed by atoms with Gasteiger partial charge in [-0.2, -0.15) is 0 Å². The normalized spacial score (nSPS) is 31.3. The highest BCUT2D eigenvalue weighted by Crippen LogP contribution is 2.52. The van der Waals surface area contributed by atoms with Gasteiger partial charge in [-0.3, -0.25) is 19.5 Å². The predicted octanol–water partition coefficient (Wildman–Crippen LogP) is 1.70. The number of allylic oxidation sites excluding steroid dienone is 2. The Hall–Kier alpha value is -1.16. The van der Waals surface area contributed by atoms with Gasteiger partial charge in [0.25, 0.3) is 0 Å². The van der Waals surface area contributed by atoms with Gasteiger partial charge >= 0.3 is 0 Å². The molecule has 7 nitrogen and oxygen atoms in total. The van der Waals surface area contributed by atoms with Gasteiger partial charge in [0.05, 0.1) is 18.4 Å². The summed E-state index contributed by atoms with van der Waals surface area (Å²) in [5.74, 6) is 2.00. The van der Waals surface area contributed by atoms with Crippen LogP contribution in [0.1, 0.15) is 33.1 Å². The maximum absolute atomic E-state index is 12.8. The second kappa shape index (κ2) is 10.4. The van der Waals surface area contributed by atoms with E-state index in [1.54, 1.807) is 0 Å². The van der Waals surface area contributed by atoms with E-state index in [0.717, 1.165) is 37.9 Å². The van der Waals surface area contributed by atoms with Crippen LogP contribution in [0.25, 0.3) is 0 Å². The average molecular weight is 529 g/mol. The molecule has 1 saturated carbocycles. The Morgan fingerprint density at radius 3 is 2.30 bits per heavy atom. The fraction of sp³-hybridized carbons (Fsp3) is 0.773. The summed E-state index contributed by atoms with van der Waals surface area (Å²) >= 11 is 0. The van der Waals surface area contributed by atoms with Crippen molar-refractivity contribution in [3.05, 3.63) is 12.2 Å². The molecule has 3 fully saturated rings. The van der Waals surface area contributed by atoms with E-state index in [9.17, 15) is 9.59 Å². The van der Waals surface area contributed by atoms with Crippen LogP contribution in [0.3, 0.4) is 0 Å². The number of amides is 2. The number of rotatable bonds is 7. The minimum Gasteiger partial charge on any atom is -0.357 e. The molecule has 2 aliphatic carbocycles. The third-order valence-corrected chi connectivity index (χ3v) is 7.10. The zero-order valence-corrected chi connectivity index (χ0v) is 20.5. The van der Waals surface area contributed by atoms with E-state index in [1.807, 2.05) is 6.92 Å². The second-order valence-electron chi connectivity index (χ2n) is 9.04. The number of carbonyl (C=O) groups is 2. The first-order chi connectivity index (χ1) is 14.1. The minimum atomic E-state index is -0.105. The van der Waals surface area contributed by atoms with Gasteiger partial charge in [0.2, 0.25) is 11.8 Å². The molecule has 0 aromatic carbocycles. The molecule has 2 amide bonds. The van der Waals surface area contributed by atoms with E-state index in [2.05, 4.69) is 39.6 Å². The van der Waals surface area contributed by atoms with E-state index < -0.39 is 0 Å². The maximum atomic E-state index is 12.8. The van der Waals surface area contributed by atoms with Gasteiger partial charge in [-0.25, -0.2) is 0 Å². The molecule has 168 valence electrons. The van der Waals surface area contributed by atoms with Gasteiger partial charge < -0.3 is 15.5 Å². The molecule has 0 aromatic rings. The van der Waals surface area contributed by atoms with Crippen LogP contribution < -0.4 is 10.6 Å². The molecule has 2 saturated heterocycles. The monoisotopic (exact) mass is 529 g/mol. The lowest BCUT2D eigenvalue weighted by Crippen LogP contribution is -2.44. The van der Waals surface area contributed by atoms with Gasteiger partial charge in [-0.15, -0.1) is 24.0 Å². The van der Waals surface area contributed by atoms with Crippen LogP contribution in [0, 0.1) is 29.6 Å². The molecule has 4 unspecified atom stereocenters. The second-order valence-corrected chi connectivity index (χ2v) is 9.04. The minimum absolute atomic E-state index is 0. The molecule has 4 atom stereocenters. The summed E-state index contributed by atoms with van der Waals surface area (Å²) in [6.45, 7) is 10.2. The van der Waals surface area contributed by atoms with Crippen molar-refractivity contribution in [3.8, 4) is 0 Å². The fourth-order valence-electron chi connectivity index (χ4n) is 5.40. The molecular weight excluding hydrogens is 493 g/mol. The lowest BCUT2D eigenvalue weighted by atomic mass is 9.85. The van der Waals surface area contributed by atoms with Gasteiger partial charge in [0, 0.05) is 26.2 Å². The zero-order valence-electron chi connectivity index (χ0n) is 18.2. The lowest BCUT2D eigenvalue weighted by Gasteiger charge is -2.29. The van der Waals surface area contributed by atoms with Crippen LogP contribution in [-0.4, -0.2) is 73.4 Å². The summed E-state index contributed by atoms with van der Waals surface area (Å²) < 4.78 is 0. The molecule has 2 aliphatic heterocycles. The molecule has 0 radical (unpaired) electrons. The number of hydrogen-bond acceptors (Lipinski definition) is 4. The van der Waals surface area contributed by atoms with Crippen molar-refractivity contribution in [2.45, 2.75) is 33.1 Å². The Labute approximate surface area is 197 Å². The Bertz CT molecular complexity index is 659. The number of imide groups is 1. The number of carbonyl (C=O) groups excluding carboxylic acids is 2. The topological polar surface area (TPSA) is 77.0 Å². The van der Waals surface area contributed by atoms with Crippen molar-refractivity contribution < 1.29 is 9.59 Å². The van der Waals surface area contributed by atoms with E-state index in [0.29, 0.717) is 13.1 Å². The molecule has 4 rings (SSSR count). The molecule has 2 N–H and O–H groups in total. The number of nitrogens with one attached hydrogen (secondary N) is 2. The Morgan fingerprint density at radius 1 is 1.07 bits per heavy atom. The number of guanidine groups is 1. The molecule has 0 aromatic heterocycles. The predicted molar refractivity (Wildman–Crippen MR) is 129 cm³/mol. The van der Waals surface area contributed by atoms with Crippen molar-refractivity contribution in [1.82, 2.24) is 20.4 Å². The molecule has 30 heavy (non-hydrogen) atoms. The highest BCUT2D eigenvalue weighted by Gasteiger charge is 2.58. The first kappa shape index (κ1) is 23.5. The molecule has 2 bridgehead atoms. The van der Waals surface area contributed by atoms with Crippen molar-refractivity contribution in [2.75, 3.05) is 45.8 Å². The molecule has 2 heterocycles.